The van der Waals surface area contributed by atoms with Gasteiger partial charge in [0.1, 0.15) is 0 Å². The second-order valence-corrected chi connectivity index (χ2v) is 7.19. The van der Waals surface area contributed by atoms with Crippen LogP contribution in [0, 0.1) is 5.92 Å². The zero-order valence-corrected chi connectivity index (χ0v) is 17.9. The van der Waals surface area contributed by atoms with E-state index in [0.717, 1.165) is 38.5 Å². The fraction of sp³-hybridized carbons (Fsp3) is 1.00. The number of hydrogen-bond donors (Lipinski definition) is 0. The molecule has 0 aliphatic heterocycles. The number of hydrogen-bond acceptors (Lipinski definition) is 3. The third-order valence-corrected chi connectivity index (χ3v) is 4.57. The minimum atomic E-state index is -0.832. The summed E-state index contributed by atoms with van der Waals surface area (Å²) in [4.78, 5) is 0. The number of ether oxygens (including phenoxy) is 3. The van der Waals surface area contributed by atoms with Crippen LogP contribution in [0.25, 0.3) is 0 Å². The second-order valence-electron chi connectivity index (χ2n) is 7.19. The van der Waals surface area contributed by atoms with Gasteiger partial charge in [-0.3, -0.25) is 0 Å². The average Bonchev–Trinajstić information content (AvgIpc) is 2.63. The van der Waals surface area contributed by atoms with Gasteiger partial charge in [0.25, 0.3) is 5.97 Å². The molecule has 1 atom stereocenters. The van der Waals surface area contributed by atoms with Crippen molar-refractivity contribution in [1.82, 2.24) is 0 Å². The quantitative estimate of drug-likeness (QED) is 0.182. The van der Waals surface area contributed by atoms with Gasteiger partial charge >= 0.3 is 0 Å². The van der Waals surface area contributed by atoms with E-state index >= 15 is 0 Å². The molecule has 0 aromatic carbocycles. The lowest BCUT2D eigenvalue weighted by Crippen LogP contribution is -2.47. The van der Waals surface area contributed by atoms with Crippen molar-refractivity contribution in [3.8, 4) is 0 Å². The highest BCUT2D eigenvalue weighted by molar-refractivity contribution is 4.73. The third-order valence-electron chi connectivity index (χ3n) is 4.57. The standard InChI is InChI=1S/C22H46O3/c1-6-11-12-13-14-15-17-21(16-7-2)22(23-18-8-3,24-19-9-4)25-20-10-5/h21H,6-20H2,1-5H3. The molecule has 0 saturated carbocycles. The Bertz CT molecular complexity index is 246. The van der Waals surface area contributed by atoms with Crippen LogP contribution in [0.4, 0.5) is 0 Å². The molecule has 0 radical (unpaired) electrons. The van der Waals surface area contributed by atoms with Gasteiger partial charge in [0.05, 0.1) is 19.8 Å². The molecule has 0 aliphatic carbocycles. The highest BCUT2D eigenvalue weighted by atomic mass is 16.9. The smallest absolute Gasteiger partial charge is 0.285 e. The molecule has 0 heterocycles. The summed E-state index contributed by atoms with van der Waals surface area (Å²) < 4.78 is 18.7. The minimum absolute atomic E-state index is 0.327. The van der Waals surface area contributed by atoms with Crippen LogP contribution < -0.4 is 0 Å². The SMILES string of the molecule is CCCCCCCCC(CCC)C(OCCC)(OCCC)OCCC. The largest absolute Gasteiger partial charge is 0.327 e. The Morgan fingerprint density at radius 1 is 0.520 bits per heavy atom. The predicted molar refractivity (Wildman–Crippen MR) is 108 cm³/mol. The molecule has 3 heteroatoms. The Morgan fingerprint density at radius 3 is 1.44 bits per heavy atom. The first kappa shape index (κ1) is 24.9. The zero-order chi connectivity index (χ0) is 18.8. The van der Waals surface area contributed by atoms with Crippen LogP contribution in [-0.2, 0) is 14.2 Å². The van der Waals surface area contributed by atoms with Crippen LogP contribution in [0.2, 0.25) is 0 Å². The maximum absolute atomic E-state index is 6.25. The summed E-state index contributed by atoms with van der Waals surface area (Å²) in [7, 11) is 0. The fourth-order valence-corrected chi connectivity index (χ4v) is 3.23. The van der Waals surface area contributed by atoms with Gasteiger partial charge < -0.3 is 14.2 Å². The Morgan fingerprint density at radius 2 is 1.00 bits per heavy atom. The molecule has 0 rings (SSSR count). The van der Waals surface area contributed by atoms with Crippen molar-refractivity contribution in [2.24, 2.45) is 5.92 Å². The summed E-state index contributed by atoms with van der Waals surface area (Å²) in [5.74, 6) is -0.505. The summed E-state index contributed by atoms with van der Waals surface area (Å²) >= 11 is 0. The summed E-state index contributed by atoms with van der Waals surface area (Å²) in [6.45, 7) is 13.1. The monoisotopic (exact) mass is 358 g/mol. The van der Waals surface area contributed by atoms with E-state index in [1.165, 1.54) is 38.5 Å². The van der Waals surface area contributed by atoms with Crippen LogP contribution in [-0.4, -0.2) is 25.8 Å². The zero-order valence-electron chi connectivity index (χ0n) is 17.9. The molecular weight excluding hydrogens is 312 g/mol. The highest BCUT2D eigenvalue weighted by Crippen LogP contribution is 2.34. The molecule has 152 valence electrons. The van der Waals surface area contributed by atoms with Crippen LogP contribution in [0.5, 0.6) is 0 Å². The lowest BCUT2D eigenvalue weighted by Gasteiger charge is -2.40. The van der Waals surface area contributed by atoms with Crippen LogP contribution in [0.3, 0.4) is 0 Å². The van der Waals surface area contributed by atoms with Gasteiger partial charge in [0, 0.05) is 5.92 Å². The summed E-state index contributed by atoms with van der Waals surface area (Å²) in [6.07, 6.45) is 14.3. The van der Waals surface area contributed by atoms with Gasteiger partial charge in [-0.2, -0.15) is 0 Å². The van der Waals surface area contributed by atoms with E-state index in [4.69, 9.17) is 14.2 Å². The lowest BCUT2D eigenvalue weighted by molar-refractivity contribution is -0.406. The molecule has 0 fully saturated rings. The van der Waals surface area contributed by atoms with Crippen LogP contribution >= 0.6 is 0 Å². The Labute approximate surface area is 158 Å². The van der Waals surface area contributed by atoms with E-state index in [0.29, 0.717) is 25.7 Å². The topological polar surface area (TPSA) is 27.7 Å². The van der Waals surface area contributed by atoms with Gasteiger partial charge in [0.15, 0.2) is 0 Å². The van der Waals surface area contributed by atoms with E-state index in [1.54, 1.807) is 0 Å². The molecule has 0 aliphatic rings. The van der Waals surface area contributed by atoms with Crippen molar-refractivity contribution < 1.29 is 14.2 Å². The first-order valence-electron chi connectivity index (χ1n) is 11.1. The van der Waals surface area contributed by atoms with Crippen molar-refractivity contribution in [1.29, 1.82) is 0 Å². The molecule has 3 nitrogen and oxygen atoms in total. The van der Waals surface area contributed by atoms with E-state index in [1.807, 2.05) is 0 Å². The Hall–Kier alpha value is -0.120. The van der Waals surface area contributed by atoms with E-state index < -0.39 is 5.97 Å². The summed E-state index contributed by atoms with van der Waals surface area (Å²) in [5.41, 5.74) is 0. The molecule has 0 bridgehead atoms. The van der Waals surface area contributed by atoms with Gasteiger partial charge in [-0.15, -0.1) is 0 Å². The van der Waals surface area contributed by atoms with Gasteiger partial charge in [-0.05, 0) is 32.1 Å². The predicted octanol–water partition coefficient (Wildman–Crippen LogP) is 7.09. The third kappa shape index (κ3) is 11.2. The van der Waals surface area contributed by atoms with Crippen molar-refractivity contribution >= 4 is 0 Å². The Balaban J connectivity index is 4.88. The first-order chi connectivity index (χ1) is 12.2. The van der Waals surface area contributed by atoms with Gasteiger partial charge in [0.2, 0.25) is 0 Å². The molecule has 25 heavy (non-hydrogen) atoms. The summed E-state index contributed by atoms with van der Waals surface area (Å²) in [6, 6.07) is 0. The molecule has 0 saturated heterocycles. The van der Waals surface area contributed by atoms with Crippen molar-refractivity contribution in [2.45, 2.75) is 118 Å². The maximum Gasteiger partial charge on any atom is 0.285 e. The lowest BCUT2D eigenvalue weighted by atomic mass is 9.93. The first-order valence-corrected chi connectivity index (χ1v) is 11.1. The maximum atomic E-state index is 6.25. The average molecular weight is 359 g/mol. The molecule has 0 aromatic rings. The van der Waals surface area contributed by atoms with E-state index in [9.17, 15) is 0 Å². The molecule has 0 amide bonds. The number of unbranched alkanes of at least 4 members (excludes halogenated alkanes) is 5. The van der Waals surface area contributed by atoms with Gasteiger partial charge in [-0.25, -0.2) is 0 Å². The van der Waals surface area contributed by atoms with Crippen LogP contribution in [0.1, 0.15) is 112 Å². The van der Waals surface area contributed by atoms with Crippen molar-refractivity contribution in [2.75, 3.05) is 19.8 Å². The van der Waals surface area contributed by atoms with E-state index in [-0.39, 0.29) is 0 Å². The molecule has 0 aromatic heterocycles. The fourth-order valence-electron chi connectivity index (χ4n) is 3.23. The molecule has 0 N–H and O–H groups in total. The normalized spacial score (nSPS) is 13.3. The number of rotatable bonds is 19. The Kier molecular flexibility index (Phi) is 17.2. The van der Waals surface area contributed by atoms with Crippen LogP contribution in [0.15, 0.2) is 0 Å². The summed E-state index contributed by atoms with van der Waals surface area (Å²) in [5, 5.41) is 0. The van der Waals surface area contributed by atoms with Crippen molar-refractivity contribution in [3.05, 3.63) is 0 Å². The minimum Gasteiger partial charge on any atom is -0.327 e. The molecule has 1 unspecified atom stereocenters. The van der Waals surface area contributed by atoms with E-state index in [2.05, 4.69) is 34.6 Å². The second kappa shape index (κ2) is 17.3. The van der Waals surface area contributed by atoms with Crippen molar-refractivity contribution in [3.63, 3.8) is 0 Å². The van der Waals surface area contributed by atoms with Gasteiger partial charge in [-0.1, -0.05) is 79.6 Å². The molecular formula is C22H46O3. The molecule has 0 spiro atoms. The highest BCUT2D eigenvalue weighted by Gasteiger charge is 2.41.